The molecule has 0 bridgehead atoms. The summed E-state index contributed by atoms with van der Waals surface area (Å²) in [4.78, 5) is 25.8. The zero-order valence-electron chi connectivity index (χ0n) is 23.8. The summed E-state index contributed by atoms with van der Waals surface area (Å²) in [7, 11) is 0. The maximum Gasteiger partial charge on any atom is 0.243 e. The molecule has 0 aromatic heterocycles. The lowest BCUT2D eigenvalue weighted by Gasteiger charge is -2.41. The minimum Gasteiger partial charge on any atom is -0.392 e. The molecule has 1 spiro atoms. The van der Waals surface area contributed by atoms with Gasteiger partial charge in [0.15, 0.2) is 12.1 Å². The molecule has 228 valence electrons. The zero-order valence-corrected chi connectivity index (χ0v) is 23.8. The third kappa shape index (κ3) is 8.13. The van der Waals surface area contributed by atoms with Crippen LogP contribution in [0.15, 0.2) is 48.5 Å². The van der Waals surface area contributed by atoms with E-state index in [2.05, 4.69) is 10.2 Å². The molecule has 3 aliphatic rings. The topological polar surface area (TPSA) is 139 Å². The summed E-state index contributed by atoms with van der Waals surface area (Å²) in [6, 6.07) is 15.3. The van der Waals surface area contributed by atoms with Gasteiger partial charge in [0.2, 0.25) is 11.8 Å². The number of carbonyl (C=O) groups is 2. The molecule has 0 unspecified atom stereocenters. The van der Waals surface area contributed by atoms with E-state index in [4.69, 9.17) is 24.2 Å². The summed E-state index contributed by atoms with van der Waals surface area (Å²) in [5.74, 6) is -1.01. The van der Waals surface area contributed by atoms with Crippen LogP contribution in [0.25, 0.3) is 0 Å². The van der Waals surface area contributed by atoms with Crippen molar-refractivity contribution >= 4 is 17.5 Å². The van der Waals surface area contributed by atoms with Crippen molar-refractivity contribution in [2.24, 2.45) is 0 Å². The maximum atomic E-state index is 12.3. The number of amides is 2. The number of carbonyl (C=O) groups excluding carboxylic acids is 2. The largest absolute Gasteiger partial charge is 0.392 e. The molecule has 3 aliphatic heterocycles. The van der Waals surface area contributed by atoms with Gasteiger partial charge in [-0.15, -0.1) is 0 Å². The second-order valence-electron chi connectivity index (χ2n) is 11.2. The van der Waals surface area contributed by atoms with Gasteiger partial charge in [0.1, 0.15) is 0 Å². The Bertz CT molecular complexity index is 1160. The van der Waals surface area contributed by atoms with Gasteiger partial charge in [0, 0.05) is 63.0 Å². The molecule has 3 saturated heterocycles. The number of aliphatic hydroxyl groups excluding tert-OH is 1. The first-order valence-corrected chi connectivity index (χ1v) is 14.8. The Labute approximate surface area is 246 Å². The highest BCUT2D eigenvalue weighted by atomic mass is 16.7. The number of hydrogen-bond acceptors (Lipinski definition) is 9. The van der Waals surface area contributed by atoms with Gasteiger partial charge < -0.3 is 34.3 Å². The number of anilines is 1. The molecule has 42 heavy (non-hydrogen) atoms. The highest BCUT2D eigenvalue weighted by Gasteiger charge is 2.41. The van der Waals surface area contributed by atoms with Crippen LogP contribution in [0.4, 0.5) is 5.69 Å². The summed E-state index contributed by atoms with van der Waals surface area (Å²) in [6.07, 6.45) is 3.10. The standard InChI is InChI=1S/C31H41N3O8/c35-21-22-5-7-23(8-6-22)27-19-26(20-34-15-13-31(14-16-34)39-17-18-40-31)41-30(42-27)24-9-11-25(12-10-24)32-28(36)3-1-2-4-29(37)33-38/h5-12,26-27,30,35,38H,1-4,13-21H2,(H,32,36)(H,33,37)/t26-,27+,30+/m1/s1. The van der Waals surface area contributed by atoms with Crippen molar-refractivity contribution in [3.8, 4) is 0 Å². The Hall–Kier alpha value is -2.90. The summed E-state index contributed by atoms with van der Waals surface area (Å²) in [6.45, 7) is 3.85. The Morgan fingerprint density at radius 2 is 1.52 bits per heavy atom. The van der Waals surface area contributed by atoms with Crippen molar-refractivity contribution in [2.45, 2.75) is 75.8 Å². The van der Waals surface area contributed by atoms with Crippen LogP contribution in [0.5, 0.6) is 0 Å². The molecule has 4 N–H and O–H groups in total. The highest BCUT2D eigenvalue weighted by Crippen LogP contribution is 2.39. The molecule has 3 heterocycles. The van der Waals surface area contributed by atoms with E-state index in [1.54, 1.807) is 5.48 Å². The van der Waals surface area contributed by atoms with Crippen LogP contribution in [0.1, 0.15) is 74.0 Å². The van der Waals surface area contributed by atoms with Gasteiger partial charge in [-0.05, 0) is 36.1 Å². The number of nitrogens with one attached hydrogen (secondary N) is 2. The fourth-order valence-electron chi connectivity index (χ4n) is 5.76. The Kier molecular flexibility index (Phi) is 10.6. The number of piperidine rings is 1. The normalized spacial score (nSPS) is 24.0. The quantitative estimate of drug-likeness (QED) is 0.178. The van der Waals surface area contributed by atoms with E-state index in [-0.39, 0.29) is 37.6 Å². The molecule has 5 rings (SSSR count). The van der Waals surface area contributed by atoms with Crippen LogP contribution in [-0.4, -0.2) is 71.8 Å². The molecular formula is C31H41N3O8. The van der Waals surface area contributed by atoms with Gasteiger partial charge in [-0.2, -0.15) is 0 Å². The lowest BCUT2D eigenvalue weighted by molar-refractivity contribution is -0.255. The van der Waals surface area contributed by atoms with Gasteiger partial charge in [0.25, 0.3) is 0 Å². The second kappa shape index (κ2) is 14.5. The molecule has 2 aromatic rings. The third-order valence-electron chi connectivity index (χ3n) is 8.16. The SMILES string of the molecule is O=C(CCCCC(=O)Nc1ccc([C@H]2O[C@@H](CN3CCC4(CC3)OCCO4)C[C@@H](c3ccc(CO)cc3)O2)cc1)NO. The molecular weight excluding hydrogens is 542 g/mol. The minimum atomic E-state index is -0.577. The fourth-order valence-corrected chi connectivity index (χ4v) is 5.76. The molecule has 11 nitrogen and oxygen atoms in total. The van der Waals surface area contributed by atoms with E-state index in [9.17, 15) is 14.7 Å². The minimum absolute atomic E-state index is 0.00615. The average molecular weight is 584 g/mol. The van der Waals surface area contributed by atoms with Crippen molar-refractivity contribution < 1.29 is 38.9 Å². The monoisotopic (exact) mass is 583 g/mol. The fraction of sp³-hybridized carbons (Fsp3) is 0.548. The second-order valence-corrected chi connectivity index (χ2v) is 11.2. The van der Waals surface area contributed by atoms with E-state index < -0.39 is 18.0 Å². The predicted molar refractivity (Wildman–Crippen MR) is 152 cm³/mol. The van der Waals surface area contributed by atoms with Crippen molar-refractivity contribution in [3.05, 3.63) is 65.2 Å². The molecule has 0 radical (unpaired) electrons. The summed E-state index contributed by atoms with van der Waals surface area (Å²) in [5, 5.41) is 20.9. The number of hydroxylamine groups is 1. The van der Waals surface area contributed by atoms with Gasteiger partial charge in [0.05, 0.1) is 32.0 Å². The van der Waals surface area contributed by atoms with Crippen LogP contribution >= 0.6 is 0 Å². The summed E-state index contributed by atoms with van der Waals surface area (Å²) >= 11 is 0. The van der Waals surface area contributed by atoms with Crippen molar-refractivity contribution in [1.29, 1.82) is 0 Å². The first-order chi connectivity index (χ1) is 20.4. The number of nitrogens with zero attached hydrogens (tertiary/aromatic N) is 1. The number of ether oxygens (including phenoxy) is 4. The van der Waals surface area contributed by atoms with E-state index in [0.29, 0.717) is 38.2 Å². The zero-order chi connectivity index (χ0) is 29.4. The average Bonchev–Trinajstić information content (AvgIpc) is 3.48. The van der Waals surface area contributed by atoms with E-state index >= 15 is 0 Å². The van der Waals surface area contributed by atoms with E-state index in [1.165, 1.54) is 0 Å². The summed E-state index contributed by atoms with van der Waals surface area (Å²) < 4.78 is 24.7. The van der Waals surface area contributed by atoms with Crippen molar-refractivity contribution in [1.82, 2.24) is 10.4 Å². The lowest BCUT2D eigenvalue weighted by Crippen LogP contribution is -2.48. The van der Waals surface area contributed by atoms with Gasteiger partial charge in [-0.1, -0.05) is 36.4 Å². The maximum absolute atomic E-state index is 12.3. The van der Waals surface area contributed by atoms with E-state index in [0.717, 1.165) is 49.2 Å². The smallest absolute Gasteiger partial charge is 0.243 e. The van der Waals surface area contributed by atoms with Crippen LogP contribution in [0.2, 0.25) is 0 Å². The number of aliphatic hydroxyl groups is 1. The first-order valence-electron chi connectivity index (χ1n) is 14.8. The highest BCUT2D eigenvalue weighted by molar-refractivity contribution is 5.90. The van der Waals surface area contributed by atoms with Crippen LogP contribution < -0.4 is 10.8 Å². The van der Waals surface area contributed by atoms with Crippen molar-refractivity contribution in [3.63, 3.8) is 0 Å². The van der Waals surface area contributed by atoms with E-state index in [1.807, 2.05) is 48.5 Å². The van der Waals surface area contributed by atoms with Crippen LogP contribution in [0.3, 0.4) is 0 Å². The number of rotatable bonds is 11. The van der Waals surface area contributed by atoms with Gasteiger partial charge in [-0.25, -0.2) is 5.48 Å². The third-order valence-corrected chi connectivity index (χ3v) is 8.16. The van der Waals surface area contributed by atoms with Crippen LogP contribution in [0, 0.1) is 0 Å². The van der Waals surface area contributed by atoms with Gasteiger partial charge in [-0.3, -0.25) is 14.8 Å². The molecule has 0 aliphatic carbocycles. The van der Waals surface area contributed by atoms with Crippen molar-refractivity contribution in [2.75, 3.05) is 38.2 Å². The number of benzene rings is 2. The predicted octanol–water partition coefficient (Wildman–Crippen LogP) is 3.57. The Balaban J connectivity index is 1.20. The number of unbranched alkanes of at least 4 members (excludes halogenated alkanes) is 1. The molecule has 2 aromatic carbocycles. The van der Waals surface area contributed by atoms with Gasteiger partial charge >= 0.3 is 0 Å². The molecule has 3 fully saturated rings. The Morgan fingerprint density at radius 3 is 2.17 bits per heavy atom. The number of likely N-dealkylation sites (tertiary alicyclic amines) is 1. The molecule has 2 amide bonds. The summed E-state index contributed by atoms with van der Waals surface area (Å²) in [5.41, 5.74) is 5.01. The van der Waals surface area contributed by atoms with Crippen LogP contribution in [-0.2, 0) is 35.1 Å². The molecule has 3 atom stereocenters. The molecule has 0 saturated carbocycles. The molecule has 11 heteroatoms. The first kappa shape index (κ1) is 30.6. The Morgan fingerprint density at radius 1 is 0.881 bits per heavy atom. The lowest BCUT2D eigenvalue weighted by atomic mass is 9.98. The number of hydrogen-bond donors (Lipinski definition) is 4.